The molecule has 0 radical (unpaired) electrons. The zero-order chi connectivity index (χ0) is 20.9. The Morgan fingerprint density at radius 1 is 1.13 bits per heavy atom. The van der Waals surface area contributed by atoms with Crippen LogP contribution >= 0.6 is 0 Å². The van der Waals surface area contributed by atoms with Gasteiger partial charge in [-0.25, -0.2) is 4.98 Å². The number of carbonyl (C=O) groups is 1. The van der Waals surface area contributed by atoms with Crippen LogP contribution in [0, 0.1) is 13.8 Å². The van der Waals surface area contributed by atoms with Crippen LogP contribution < -0.4 is 19.5 Å². The van der Waals surface area contributed by atoms with Crippen molar-refractivity contribution in [3.63, 3.8) is 0 Å². The highest BCUT2D eigenvalue weighted by Crippen LogP contribution is 2.35. The summed E-state index contributed by atoms with van der Waals surface area (Å²) < 4.78 is 17.1. The summed E-state index contributed by atoms with van der Waals surface area (Å²) in [6, 6.07) is 16.7. The fourth-order valence-electron chi connectivity index (χ4n) is 3.54. The molecule has 1 aromatic heterocycles. The minimum absolute atomic E-state index is 0.0576. The van der Waals surface area contributed by atoms with Gasteiger partial charge in [0.25, 0.3) is 5.91 Å². The largest absolute Gasteiger partial charge is 0.493 e. The lowest BCUT2D eigenvalue weighted by atomic mass is 9.95. The minimum Gasteiger partial charge on any atom is -0.493 e. The average molecular weight is 404 g/mol. The number of amides is 1. The Labute approximate surface area is 175 Å². The van der Waals surface area contributed by atoms with Gasteiger partial charge in [0.1, 0.15) is 17.2 Å². The van der Waals surface area contributed by atoms with Gasteiger partial charge in [-0.3, -0.25) is 4.79 Å². The van der Waals surface area contributed by atoms with Gasteiger partial charge in [0.15, 0.2) is 6.61 Å². The van der Waals surface area contributed by atoms with Crippen molar-refractivity contribution in [1.82, 2.24) is 10.3 Å². The van der Waals surface area contributed by atoms with E-state index in [1.165, 1.54) is 0 Å². The molecule has 3 aromatic rings. The van der Waals surface area contributed by atoms with Crippen LogP contribution in [0.25, 0.3) is 0 Å². The molecule has 1 atom stereocenters. The van der Waals surface area contributed by atoms with E-state index in [0.29, 0.717) is 24.0 Å². The lowest BCUT2D eigenvalue weighted by Gasteiger charge is -2.28. The van der Waals surface area contributed by atoms with E-state index in [1.54, 1.807) is 36.5 Å². The van der Waals surface area contributed by atoms with Crippen LogP contribution in [0.2, 0.25) is 0 Å². The zero-order valence-corrected chi connectivity index (χ0v) is 17.1. The Balaban J connectivity index is 1.33. The highest BCUT2D eigenvalue weighted by molar-refractivity contribution is 5.78. The summed E-state index contributed by atoms with van der Waals surface area (Å²) in [5.41, 5.74) is 3.27. The second-order valence-corrected chi connectivity index (χ2v) is 7.29. The smallest absolute Gasteiger partial charge is 0.258 e. The molecule has 0 spiro atoms. The number of hydrogen-bond donors (Lipinski definition) is 1. The first-order chi connectivity index (χ1) is 14.6. The van der Waals surface area contributed by atoms with Crippen molar-refractivity contribution in [2.24, 2.45) is 0 Å². The van der Waals surface area contributed by atoms with Crippen molar-refractivity contribution < 1.29 is 19.0 Å². The number of ether oxygens (including phenoxy) is 3. The predicted molar refractivity (Wildman–Crippen MR) is 113 cm³/mol. The molecule has 0 saturated heterocycles. The second-order valence-electron chi connectivity index (χ2n) is 7.29. The number of hydrogen-bond acceptors (Lipinski definition) is 5. The molecule has 0 saturated carbocycles. The van der Waals surface area contributed by atoms with Crippen LogP contribution in [0.15, 0.2) is 60.8 Å². The number of fused-ring (bicyclic) bond motifs is 1. The van der Waals surface area contributed by atoms with E-state index in [9.17, 15) is 4.79 Å². The summed E-state index contributed by atoms with van der Waals surface area (Å²) in [6.45, 7) is 4.60. The van der Waals surface area contributed by atoms with Crippen molar-refractivity contribution >= 4 is 5.91 Å². The molecule has 1 aliphatic heterocycles. The molecule has 154 valence electrons. The zero-order valence-electron chi connectivity index (χ0n) is 17.1. The summed E-state index contributed by atoms with van der Waals surface area (Å²) in [5, 5.41) is 3.07. The molecule has 6 nitrogen and oxygen atoms in total. The van der Waals surface area contributed by atoms with Crippen LogP contribution in [0.3, 0.4) is 0 Å². The van der Waals surface area contributed by atoms with E-state index in [0.717, 1.165) is 28.9 Å². The first-order valence-corrected chi connectivity index (χ1v) is 9.93. The maximum atomic E-state index is 12.5. The van der Waals surface area contributed by atoms with Gasteiger partial charge in [-0.1, -0.05) is 23.8 Å². The highest BCUT2D eigenvalue weighted by atomic mass is 16.5. The van der Waals surface area contributed by atoms with Crippen LogP contribution in [0.4, 0.5) is 0 Å². The molecule has 0 unspecified atom stereocenters. The molecule has 1 amide bonds. The van der Waals surface area contributed by atoms with E-state index >= 15 is 0 Å². The molecule has 30 heavy (non-hydrogen) atoms. The molecule has 0 bridgehead atoms. The third-order valence-electron chi connectivity index (χ3n) is 4.87. The third-order valence-corrected chi connectivity index (χ3v) is 4.87. The molecule has 1 N–H and O–H groups in total. The second kappa shape index (κ2) is 8.86. The molecule has 1 aliphatic rings. The predicted octanol–water partition coefficient (Wildman–Crippen LogP) is 4.51. The van der Waals surface area contributed by atoms with Gasteiger partial charge in [0.2, 0.25) is 5.88 Å². The maximum Gasteiger partial charge on any atom is 0.258 e. The maximum absolute atomic E-state index is 12.5. The van der Waals surface area contributed by atoms with E-state index in [4.69, 9.17) is 14.2 Å². The molecule has 0 aliphatic carbocycles. The molecule has 6 heteroatoms. The quantitative estimate of drug-likeness (QED) is 0.655. The van der Waals surface area contributed by atoms with E-state index in [1.807, 2.05) is 26.0 Å². The molecule has 2 heterocycles. The number of carbonyl (C=O) groups excluding carboxylic acids is 1. The summed E-state index contributed by atoms with van der Waals surface area (Å²) in [4.78, 5) is 16.6. The highest BCUT2D eigenvalue weighted by Gasteiger charge is 2.24. The first kappa shape index (κ1) is 19.8. The Bertz CT molecular complexity index is 1020. The first-order valence-electron chi connectivity index (χ1n) is 9.93. The fourth-order valence-corrected chi connectivity index (χ4v) is 3.54. The van der Waals surface area contributed by atoms with Crippen molar-refractivity contribution in [2.75, 3.05) is 13.2 Å². The number of aromatic nitrogens is 1. The summed E-state index contributed by atoms with van der Waals surface area (Å²) in [6.07, 6.45) is 2.41. The normalized spacial score (nSPS) is 14.9. The minimum atomic E-state index is -0.166. The van der Waals surface area contributed by atoms with E-state index in [2.05, 4.69) is 22.4 Å². The Morgan fingerprint density at radius 3 is 2.70 bits per heavy atom. The van der Waals surface area contributed by atoms with Crippen LogP contribution in [-0.4, -0.2) is 24.1 Å². The summed E-state index contributed by atoms with van der Waals surface area (Å²) in [7, 11) is 0. The van der Waals surface area contributed by atoms with Crippen molar-refractivity contribution in [2.45, 2.75) is 26.3 Å². The summed E-state index contributed by atoms with van der Waals surface area (Å²) >= 11 is 0. The van der Waals surface area contributed by atoms with Crippen LogP contribution in [0.1, 0.15) is 29.2 Å². The third kappa shape index (κ3) is 4.71. The lowest BCUT2D eigenvalue weighted by Crippen LogP contribution is -2.35. The van der Waals surface area contributed by atoms with Gasteiger partial charge in [-0.2, -0.15) is 0 Å². The SMILES string of the molecule is Cc1cc(C)c2c(c1)[C@H](NC(=O)COc1ccc(Oc3ccccn3)cc1)CCO2. The van der Waals surface area contributed by atoms with Crippen molar-refractivity contribution in [3.05, 3.63) is 77.5 Å². The molecular formula is C24H24N2O4. The lowest BCUT2D eigenvalue weighted by molar-refractivity contribution is -0.124. The fraction of sp³-hybridized carbons (Fsp3) is 0.250. The number of rotatable bonds is 6. The molecule has 0 fully saturated rings. The Hall–Kier alpha value is -3.54. The van der Waals surface area contributed by atoms with Crippen molar-refractivity contribution in [3.8, 4) is 23.1 Å². The van der Waals surface area contributed by atoms with E-state index < -0.39 is 0 Å². The van der Waals surface area contributed by atoms with Gasteiger partial charge in [0.05, 0.1) is 12.6 Å². The standard InChI is InChI=1S/C24H24N2O4/c1-16-13-17(2)24-20(14-16)21(10-12-28-24)26-22(27)15-29-18-6-8-19(9-7-18)30-23-5-3-4-11-25-23/h3-9,11,13-14,21H,10,12,15H2,1-2H3,(H,26,27)/t21-/m1/s1. The van der Waals surface area contributed by atoms with Gasteiger partial charge in [0, 0.05) is 24.2 Å². The van der Waals surface area contributed by atoms with Gasteiger partial charge in [-0.05, 0) is 49.7 Å². The Morgan fingerprint density at radius 2 is 1.93 bits per heavy atom. The number of benzene rings is 2. The van der Waals surface area contributed by atoms with Gasteiger partial charge >= 0.3 is 0 Å². The number of pyridine rings is 1. The summed E-state index contributed by atoms with van der Waals surface area (Å²) in [5.74, 6) is 2.47. The average Bonchev–Trinajstić information content (AvgIpc) is 2.74. The number of nitrogens with one attached hydrogen (secondary N) is 1. The molecule has 2 aromatic carbocycles. The topological polar surface area (TPSA) is 69.7 Å². The van der Waals surface area contributed by atoms with Crippen molar-refractivity contribution in [1.29, 1.82) is 0 Å². The monoisotopic (exact) mass is 404 g/mol. The molecule has 4 rings (SSSR count). The van der Waals surface area contributed by atoms with Gasteiger partial charge in [-0.15, -0.1) is 0 Å². The number of aryl methyl sites for hydroxylation is 2. The number of nitrogens with zero attached hydrogens (tertiary/aromatic N) is 1. The molecular weight excluding hydrogens is 380 g/mol. The Kier molecular flexibility index (Phi) is 5.84. The van der Waals surface area contributed by atoms with E-state index in [-0.39, 0.29) is 18.6 Å². The van der Waals surface area contributed by atoms with Crippen LogP contribution in [-0.2, 0) is 4.79 Å². The van der Waals surface area contributed by atoms with Crippen LogP contribution in [0.5, 0.6) is 23.1 Å². The van der Waals surface area contributed by atoms with Gasteiger partial charge < -0.3 is 19.5 Å².